The van der Waals surface area contributed by atoms with Crippen LogP contribution in [-0.4, -0.2) is 35.0 Å². The minimum Gasteiger partial charge on any atom is -0.444 e. The first-order chi connectivity index (χ1) is 15.9. The lowest BCUT2D eigenvalue weighted by molar-refractivity contribution is -0.384. The number of hydrogen-bond acceptors (Lipinski definition) is 8. The Morgan fingerprint density at radius 1 is 1.15 bits per heavy atom. The molecular formula is C23H22N4O6. The van der Waals surface area contributed by atoms with Gasteiger partial charge in [-0.2, -0.15) is 0 Å². The number of rotatable bonds is 7. The SMILES string of the molecule is Cc1cc(NC(=O)C(OC(=O)c2ccc(N3CCCC3)c([N+](=O)[O-])c2)c2ccccc2)no1. The van der Waals surface area contributed by atoms with E-state index in [-0.39, 0.29) is 17.1 Å². The molecule has 0 bridgehead atoms. The van der Waals surface area contributed by atoms with Crippen LogP contribution in [-0.2, 0) is 9.53 Å². The van der Waals surface area contributed by atoms with Crippen molar-refractivity contribution in [3.63, 3.8) is 0 Å². The fourth-order valence-electron chi connectivity index (χ4n) is 3.72. The van der Waals surface area contributed by atoms with Crippen LogP contribution in [0.4, 0.5) is 17.2 Å². The van der Waals surface area contributed by atoms with E-state index in [0.717, 1.165) is 25.9 Å². The Hall–Kier alpha value is -4.21. The van der Waals surface area contributed by atoms with Crippen LogP contribution in [0.15, 0.2) is 59.1 Å². The molecule has 2 aromatic carbocycles. The number of aryl methyl sites for hydroxylation is 1. The monoisotopic (exact) mass is 450 g/mol. The van der Waals surface area contributed by atoms with Gasteiger partial charge in [-0.15, -0.1) is 0 Å². The van der Waals surface area contributed by atoms with E-state index in [9.17, 15) is 19.7 Å². The molecule has 1 saturated heterocycles. The summed E-state index contributed by atoms with van der Waals surface area (Å²) in [6.07, 6.45) is 0.618. The summed E-state index contributed by atoms with van der Waals surface area (Å²) in [5.74, 6) is -0.804. The third kappa shape index (κ3) is 5.00. The van der Waals surface area contributed by atoms with E-state index in [4.69, 9.17) is 9.26 Å². The Bertz CT molecular complexity index is 1170. The van der Waals surface area contributed by atoms with Crippen LogP contribution >= 0.6 is 0 Å². The number of carbonyl (C=O) groups excluding carboxylic acids is 2. The van der Waals surface area contributed by atoms with Crippen molar-refractivity contribution in [3.05, 3.63) is 81.6 Å². The van der Waals surface area contributed by atoms with Crippen molar-refractivity contribution < 1.29 is 23.8 Å². The molecule has 0 spiro atoms. The lowest BCUT2D eigenvalue weighted by Gasteiger charge is -2.19. The number of nitrogens with zero attached hydrogens (tertiary/aromatic N) is 3. The van der Waals surface area contributed by atoms with Crippen LogP contribution in [0.2, 0.25) is 0 Å². The second kappa shape index (κ2) is 9.51. The van der Waals surface area contributed by atoms with Crippen LogP contribution in [0.5, 0.6) is 0 Å². The van der Waals surface area contributed by atoms with Gasteiger partial charge in [0, 0.05) is 30.8 Å². The number of hydrogen-bond donors (Lipinski definition) is 1. The number of carbonyl (C=O) groups is 2. The molecule has 1 N–H and O–H groups in total. The van der Waals surface area contributed by atoms with Crippen LogP contribution in [0.1, 0.15) is 40.6 Å². The summed E-state index contributed by atoms with van der Waals surface area (Å²) < 4.78 is 10.5. The normalized spacial score (nSPS) is 14.0. The predicted octanol–water partition coefficient (Wildman–Crippen LogP) is 4.03. The highest BCUT2D eigenvalue weighted by Gasteiger charge is 2.29. The summed E-state index contributed by atoms with van der Waals surface area (Å²) in [4.78, 5) is 38.9. The highest BCUT2D eigenvalue weighted by molar-refractivity contribution is 5.98. The molecule has 4 rings (SSSR count). The van der Waals surface area contributed by atoms with Crippen LogP contribution < -0.4 is 10.2 Å². The molecule has 0 aliphatic carbocycles. The molecule has 1 amide bonds. The maximum absolute atomic E-state index is 12.9. The van der Waals surface area contributed by atoms with E-state index < -0.39 is 22.9 Å². The smallest absolute Gasteiger partial charge is 0.339 e. The largest absolute Gasteiger partial charge is 0.444 e. The van der Waals surface area contributed by atoms with Gasteiger partial charge in [-0.1, -0.05) is 35.5 Å². The first kappa shape index (κ1) is 22.0. The summed E-state index contributed by atoms with van der Waals surface area (Å²) in [5, 5.41) is 17.9. The van der Waals surface area contributed by atoms with Gasteiger partial charge in [-0.3, -0.25) is 14.9 Å². The Morgan fingerprint density at radius 3 is 2.52 bits per heavy atom. The van der Waals surface area contributed by atoms with Gasteiger partial charge in [-0.25, -0.2) is 4.79 Å². The van der Waals surface area contributed by atoms with E-state index in [1.807, 2.05) is 4.90 Å². The quantitative estimate of drug-likeness (QED) is 0.325. The summed E-state index contributed by atoms with van der Waals surface area (Å²) >= 11 is 0. The molecular weight excluding hydrogens is 428 g/mol. The van der Waals surface area contributed by atoms with Gasteiger partial charge in [-0.05, 0) is 31.9 Å². The third-order valence-corrected chi connectivity index (χ3v) is 5.30. The molecule has 1 fully saturated rings. The van der Waals surface area contributed by atoms with Crippen molar-refractivity contribution in [1.29, 1.82) is 0 Å². The standard InChI is InChI=1S/C23H22N4O6/c1-15-13-20(25-33-15)24-22(28)21(16-7-3-2-4-8-16)32-23(29)17-9-10-18(19(14-17)27(30)31)26-11-5-6-12-26/h2-4,7-10,13-14,21H,5-6,11-12H2,1H3,(H,24,25,28). The van der Waals surface area contributed by atoms with Crippen molar-refractivity contribution in [2.24, 2.45) is 0 Å². The fourth-order valence-corrected chi connectivity index (χ4v) is 3.72. The van der Waals surface area contributed by atoms with Crippen LogP contribution in [0, 0.1) is 17.0 Å². The molecule has 0 saturated carbocycles. The average Bonchev–Trinajstić information content (AvgIpc) is 3.49. The van der Waals surface area contributed by atoms with E-state index in [1.165, 1.54) is 18.2 Å². The highest BCUT2D eigenvalue weighted by Crippen LogP contribution is 2.32. The number of nitrogens with one attached hydrogen (secondary N) is 1. The number of benzene rings is 2. The van der Waals surface area contributed by atoms with Gasteiger partial charge in [0.1, 0.15) is 11.4 Å². The Labute approximate surface area is 189 Å². The van der Waals surface area contributed by atoms with Crippen molar-refractivity contribution in [1.82, 2.24) is 5.16 Å². The predicted molar refractivity (Wildman–Crippen MR) is 119 cm³/mol. The minimum atomic E-state index is -1.30. The van der Waals surface area contributed by atoms with Crippen molar-refractivity contribution in [3.8, 4) is 0 Å². The molecule has 10 heteroatoms. The molecule has 0 radical (unpaired) electrons. The van der Waals surface area contributed by atoms with Gasteiger partial charge >= 0.3 is 5.97 Å². The van der Waals surface area contributed by atoms with E-state index in [1.54, 1.807) is 43.3 Å². The molecule has 1 aromatic heterocycles. The molecule has 33 heavy (non-hydrogen) atoms. The number of ether oxygens (including phenoxy) is 1. The third-order valence-electron chi connectivity index (χ3n) is 5.30. The second-order valence-electron chi connectivity index (χ2n) is 7.66. The molecule has 1 unspecified atom stereocenters. The van der Waals surface area contributed by atoms with E-state index in [0.29, 0.717) is 17.0 Å². The van der Waals surface area contributed by atoms with Gasteiger partial charge in [0.05, 0.1) is 10.5 Å². The zero-order valence-corrected chi connectivity index (χ0v) is 17.9. The van der Waals surface area contributed by atoms with E-state index in [2.05, 4.69) is 10.5 Å². The van der Waals surface area contributed by atoms with Crippen LogP contribution in [0.25, 0.3) is 0 Å². The molecule has 1 atom stereocenters. The second-order valence-corrected chi connectivity index (χ2v) is 7.66. The minimum absolute atomic E-state index is 0.0179. The molecule has 10 nitrogen and oxygen atoms in total. The fraction of sp³-hybridized carbons (Fsp3) is 0.261. The maximum atomic E-state index is 12.9. The summed E-state index contributed by atoms with van der Waals surface area (Å²) in [6.45, 7) is 3.13. The van der Waals surface area contributed by atoms with Gasteiger partial charge in [0.25, 0.3) is 11.6 Å². The zero-order valence-electron chi connectivity index (χ0n) is 17.9. The first-order valence-electron chi connectivity index (χ1n) is 10.5. The van der Waals surface area contributed by atoms with Crippen LogP contribution in [0.3, 0.4) is 0 Å². The summed E-state index contributed by atoms with van der Waals surface area (Å²) in [7, 11) is 0. The Kier molecular flexibility index (Phi) is 6.34. The topological polar surface area (TPSA) is 128 Å². The van der Waals surface area contributed by atoms with Gasteiger partial charge in [0.15, 0.2) is 5.82 Å². The molecule has 3 aromatic rings. The number of aromatic nitrogens is 1. The average molecular weight is 450 g/mol. The zero-order chi connectivity index (χ0) is 23.4. The molecule has 1 aliphatic rings. The molecule has 170 valence electrons. The number of nitro benzene ring substituents is 1. The number of nitro groups is 1. The molecule has 1 aliphatic heterocycles. The Balaban J connectivity index is 1.59. The summed E-state index contributed by atoms with van der Waals surface area (Å²) in [6, 6.07) is 14.2. The summed E-state index contributed by atoms with van der Waals surface area (Å²) in [5.41, 5.74) is 0.709. The molecule has 2 heterocycles. The van der Waals surface area contributed by atoms with E-state index >= 15 is 0 Å². The van der Waals surface area contributed by atoms with Crippen molar-refractivity contribution >= 4 is 29.1 Å². The lowest BCUT2D eigenvalue weighted by atomic mass is 10.1. The highest BCUT2D eigenvalue weighted by atomic mass is 16.6. The lowest BCUT2D eigenvalue weighted by Crippen LogP contribution is -2.26. The van der Waals surface area contributed by atoms with Crippen molar-refractivity contribution in [2.45, 2.75) is 25.9 Å². The van der Waals surface area contributed by atoms with Gasteiger partial charge in [0.2, 0.25) is 6.10 Å². The maximum Gasteiger partial charge on any atom is 0.339 e. The van der Waals surface area contributed by atoms with Crippen molar-refractivity contribution in [2.75, 3.05) is 23.3 Å². The number of amides is 1. The first-order valence-corrected chi connectivity index (χ1v) is 10.5. The van der Waals surface area contributed by atoms with Gasteiger partial charge < -0.3 is 19.5 Å². The number of anilines is 2. The Morgan fingerprint density at radius 2 is 1.88 bits per heavy atom. The number of esters is 1.